The minimum atomic E-state index is -0.0325. The molecule has 1 aromatic carbocycles. The first-order valence-corrected chi connectivity index (χ1v) is 11.2. The quantitative estimate of drug-likeness (QED) is 0.691. The highest BCUT2D eigenvalue weighted by atomic mass is 79.9. The van der Waals surface area contributed by atoms with Crippen molar-refractivity contribution in [2.24, 2.45) is 5.92 Å². The molecule has 154 valence electrons. The fourth-order valence-corrected chi connectivity index (χ4v) is 4.88. The average Bonchev–Trinajstić information content (AvgIpc) is 3.01. The number of aryl methyl sites for hydroxylation is 2. The summed E-state index contributed by atoms with van der Waals surface area (Å²) in [5.74, 6) is 0.300. The van der Waals surface area contributed by atoms with Crippen molar-refractivity contribution in [3.8, 4) is 0 Å². The van der Waals surface area contributed by atoms with Gasteiger partial charge in [-0.2, -0.15) is 5.10 Å². The van der Waals surface area contributed by atoms with Gasteiger partial charge in [0, 0.05) is 30.5 Å². The van der Waals surface area contributed by atoms with E-state index in [0.717, 1.165) is 55.2 Å². The highest BCUT2D eigenvalue weighted by Gasteiger charge is 2.27. The van der Waals surface area contributed by atoms with Crippen LogP contribution in [0.25, 0.3) is 0 Å². The summed E-state index contributed by atoms with van der Waals surface area (Å²) in [7, 11) is 0. The van der Waals surface area contributed by atoms with Gasteiger partial charge in [-0.1, -0.05) is 22.0 Å². The Kier molecular flexibility index (Phi) is 6.04. The zero-order valence-corrected chi connectivity index (χ0v) is 18.3. The zero-order valence-electron chi connectivity index (χ0n) is 16.7. The number of carbonyl (C=O) groups is 2. The summed E-state index contributed by atoms with van der Waals surface area (Å²) < 4.78 is 3.03. The second-order valence-electron chi connectivity index (χ2n) is 8.20. The number of fused-ring (bicyclic) bond motifs is 2. The zero-order chi connectivity index (χ0) is 20.4. The smallest absolute Gasteiger partial charge is 0.254 e. The molecule has 2 unspecified atom stereocenters. The lowest BCUT2D eigenvalue weighted by atomic mass is 9.94. The molecule has 2 aromatic rings. The van der Waals surface area contributed by atoms with Crippen molar-refractivity contribution in [2.75, 3.05) is 6.54 Å². The molecule has 0 bridgehead atoms. The lowest BCUT2D eigenvalue weighted by Gasteiger charge is -2.24. The van der Waals surface area contributed by atoms with E-state index in [1.807, 2.05) is 4.68 Å². The minimum absolute atomic E-state index is 0.0117. The third-order valence-corrected chi connectivity index (χ3v) is 6.53. The molecule has 0 saturated carbocycles. The number of hydrogen-bond donors (Lipinski definition) is 2. The number of aromatic nitrogens is 2. The normalized spacial score (nSPS) is 20.9. The van der Waals surface area contributed by atoms with Gasteiger partial charge in [0.1, 0.15) is 0 Å². The van der Waals surface area contributed by atoms with E-state index >= 15 is 0 Å². The number of nitrogens with one attached hydrogen (secondary N) is 2. The highest BCUT2D eigenvalue weighted by molar-refractivity contribution is 9.10. The van der Waals surface area contributed by atoms with Crippen LogP contribution >= 0.6 is 15.9 Å². The predicted octanol–water partition coefficient (Wildman–Crippen LogP) is 3.02. The molecule has 7 heteroatoms. The summed E-state index contributed by atoms with van der Waals surface area (Å²) in [6, 6.07) is 6.59. The summed E-state index contributed by atoms with van der Waals surface area (Å²) in [5, 5.41) is 10.6. The fraction of sp³-hybridized carbons (Fsp3) is 0.500. The third-order valence-electron chi connectivity index (χ3n) is 6.03. The van der Waals surface area contributed by atoms with Crippen LogP contribution in [0.2, 0.25) is 0 Å². The Morgan fingerprint density at radius 2 is 2.10 bits per heavy atom. The van der Waals surface area contributed by atoms with Gasteiger partial charge in [0.05, 0.1) is 17.5 Å². The maximum Gasteiger partial charge on any atom is 0.254 e. The van der Waals surface area contributed by atoms with E-state index in [4.69, 9.17) is 0 Å². The van der Waals surface area contributed by atoms with Crippen molar-refractivity contribution >= 4 is 27.7 Å². The van der Waals surface area contributed by atoms with Crippen molar-refractivity contribution in [3.63, 3.8) is 0 Å². The number of halogens is 1. The van der Waals surface area contributed by atoms with E-state index in [0.29, 0.717) is 18.0 Å². The van der Waals surface area contributed by atoms with E-state index in [9.17, 15) is 9.59 Å². The van der Waals surface area contributed by atoms with Gasteiger partial charge in [-0.05, 0) is 67.7 Å². The summed E-state index contributed by atoms with van der Waals surface area (Å²) >= 11 is 3.56. The maximum atomic E-state index is 13.1. The van der Waals surface area contributed by atoms with Crippen LogP contribution in [-0.4, -0.2) is 34.2 Å². The van der Waals surface area contributed by atoms with Gasteiger partial charge in [-0.3, -0.25) is 14.3 Å². The summed E-state index contributed by atoms with van der Waals surface area (Å²) in [6.07, 6.45) is 7.40. The molecule has 1 aromatic heterocycles. The lowest BCUT2D eigenvalue weighted by Crippen LogP contribution is -2.37. The molecule has 0 radical (unpaired) electrons. The van der Waals surface area contributed by atoms with Gasteiger partial charge >= 0.3 is 0 Å². The van der Waals surface area contributed by atoms with Gasteiger partial charge in [-0.25, -0.2) is 0 Å². The van der Waals surface area contributed by atoms with Crippen molar-refractivity contribution < 1.29 is 9.59 Å². The Labute approximate surface area is 179 Å². The van der Waals surface area contributed by atoms with E-state index in [1.54, 1.807) is 6.20 Å². The molecule has 2 amide bonds. The van der Waals surface area contributed by atoms with Gasteiger partial charge in [0.2, 0.25) is 5.91 Å². The number of rotatable bonds is 4. The maximum absolute atomic E-state index is 13.1. The van der Waals surface area contributed by atoms with Crippen molar-refractivity contribution in [2.45, 2.75) is 58.0 Å². The summed E-state index contributed by atoms with van der Waals surface area (Å²) in [6.45, 7) is 2.98. The van der Waals surface area contributed by atoms with Crippen LogP contribution in [0.3, 0.4) is 0 Å². The average molecular weight is 459 g/mol. The summed E-state index contributed by atoms with van der Waals surface area (Å²) in [5.41, 5.74) is 4.36. The molecule has 1 aliphatic heterocycles. The molecule has 1 aliphatic carbocycles. The van der Waals surface area contributed by atoms with Crippen LogP contribution in [0.15, 0.2) is 28.9 Å². The van der Waals surface area contributed by atoms with E-state index in [-0.39, 0.29) is 17.9 Å². The Bertz CT molecular complexity index is 924. The SMILES string of the molecule is CC(=O)NCC1CCn2ncc(C(=O)NC3CCCc4ccc(Br)cc4C3)c2C1. The molecule has 2 aliphatic rings. The van der Waals surface area contributed by atoms with Gasteiger partial charge in [0.25, 0.3) is 5.91 Å². The Hall–Kier alpha value is -2.15. The minimum Gasteiger partial charge on any atom is -0.356 e. The fourth-order valence-electron chi connectivity index (χ4n) is 4.47. The molecule has 29 heavy (non-hydrogen) atoms. The second kappa shape index (κ2) is 8.69. The van der Waals surface area contributed by atoms with Crippen molar-refractivity contribution in [1.29, 1.82) is 0 Å². The van der Waals surface area contributed by atoms with E-state index < -0.39 is 0 Å². The Balaban J connectivity index is 1.44. The van der Waals surface area contributed by atoms with E-state index in [1.165, 1.54) is 18.1 Å². The third kappa shape index (κ3) is 4.71. The molecule has 4 rings (SSSR count). The van der Waals surface area contributed by atoms with E-state index in [2.05, 4.69) is 49.9 Å². The number of amides is 2. The van der Waals surface area contributed by atoms with Gasteiger partial charge in [0.15, 0.2) is 0 Å². The molecule has 2 atom stereocenters. The predicted molar refractivity (Wildman–Crippen MR) is 115 cm³/mol. The number of carbonyl (C=O) groups excluding carboxylic acids is 2. The van der Waals surface area contributed by atoms with Crippen LogP contribution in [0.1, 0.15) is 53.4 Å². The van der Waals surface area contributed by atoms with Crippen LogP contribution in [0.5, 0.6) is 0 Å². The molecule has 0 saturated heterocycles. The van der Waals surface area contributed by atoms with Crippen LogP contribution in [0.4, 0.5) is 0 Å². The Morgan fingerprint density at radius 3 is 2.93 bits per heavy atom. The first-order chi connectivity index (χ1) is 14.0. The topological polar surface area (TPSA) is 76.0 Å². The largest absolute Gasteiger partial charge is 0.356 e. The molecule has 6 nitrogen and oxygen atoms in total. The highest BCUT2D eigenvalue weighted by Crippen LogP contribution is 2.26. The first-order valence-electron chi connectivity index (χ1n) is 10.4. The standard InChI is InChI=1S/C22H27BrN4O2/c1-14(28)24-12-15-7-8-27-21(9-15)20(13-25-27)22(29)26-19-4-2-3-16-5-6-18(23)10-17(16)11-19/h5-6,10,13,15,19H,2-4,7-9,11-12H2,1H3,(H,24,28)(H,26,29). The molecule has 0 fully saturated rings. The number of benzene rings is 1. The van der Waals surface area contributed by atoms with Gasteiger partial charge < -0.3 is 10.6 Å². The van der Waals surface area contributed by atoms with Gasteiger partial charge in [-0.15, -0.1) is 0 Å². The Morgan fingerprint density at radius 1 is 1.24 bits per heavy atom. The number of hydrogen-bond acceptors (Lipinski definition) is 3. The number of nitrogens with zero attached hydrogens (tertiary/aromatic N) is 2. The van der Waals surface area contributed by atoms with Crippen LogP contribution in [0, 0.1) is 5.92 Å². The molecule has 2 heterocycles. The van der Waals surface area contributed by atoms with Crippen LogP contribution < -0.4 is 10.6 Å². The van der Waals surface area contributed by atoms with Crippen LogP contribution in [-0.2, 0) is 30.6 Å². The second-order valence-corrected chi connectivity index (χ2v) is 9.12. The first kappa shape index (κ1) is 20.1. The molecule has 0 spiro atoms. The molecular weight excluding hydrogens is 432 g/mol. The molecule has 2 N–H and O–H groups in total. The van der Waals surface area contributed by atoms with Crippen molar-refractivity contribution in [1.82, 2.24) is 20.4 Å². The molecular formula is C22H27BrN4O2. The monoisotopic (exact) mass is 458 g/mol. The van der Waals surface area contributed by atoms with Crippen molar-refractivity contribution in [3.05, 3.63) is 51.3 Å². The summed E-state index contributed by atoms with van der Waals surface area (Å²) in [4.78, 5) is 24.3. The lowest BCUT2D eigenvalue weighted by molar-refractivity contribution is -0.119.